The third kappa shape index (κ3) is 5.38. The SMILES string of the molecule is Cc1cccc(CC23CCN(C(=O)[C@@H]4CCC(=O)N4Cc4ccc(C#N)cc4)C2CCc2cc(C(C)(F)C(F)(F)F)ccc23)c1. The van der Waals surface area contributed by atoms with Crippen LogP contribution in [0.2, 0.25) is 0 Å². The van der Waals surface area contributed by atoms with E-state index in [1.807, 2.05) is 30.0 Å². The molecule has 45 heavy (non-hydrogen) atoms. The lowest BCUT2D eigenvalue weighted by atomic mass is 9.63. The number of carbonyl (C=O) groups is 2. The molecule has 2 fully saturated rings. The molecule has 3 aliphatic rings. The van der Waals surface area contributed by atoms with Gasteiger partial charge in [-0.05, 0) is 85.9 Å². The van der Waals surface area contributed by atoms with Gasteiger partial charge in [0.25, 0.3) is 0 Å². The Bertz CT molecular complexity index is 1680. The van der Waals surface area contributed by atoms with Gasteiger partial charge in [-0.15, -0.1) is 0 Å². The number of amides is 2. The zero-order valence-electron chi connectivity index (χ0n) is 25.3. The minimum atomic E-state index is -5.05. The first-order valence-electron chi connectivity index (χ1n) is 15.4. The van der Waals surface area contributed by atoms with Crippen molar-refractivity contribution in [3.63, 3.8) is 0 Å². The van der Waals surface area contributed by atoms with E-state index in [0.29, 0.717) is 56.7 Å². The van der Waals surface area contributed by atoms with Crippen LogP contribution in [0.5, 0.6) is 0 Å². The maximum Gasteiger partial charge on any atom is 0.426 e. The van der Waals surface area contributed by atoms with Crippen molar-refractivity contribution in [2.45, 2.75) is 88.3 Å². The van der Waals surface area contributed by atoms with Crippen molar-refractivity contribution in [1.29, 1.82) is 5.26 Å². The number of rotatable bonds is 6. The molecule has 2 amide bonds. The Balaban J connectivity index is 1.34. The normalized spacial score (nSPS) is 24.2. The van der Waals surface area contributed by atoms with E-state index < -0.39 is 28.9 Å². The number of alkyl halides is 4. The molecule has 0 aromatic heterocycles. The molecule has 0 spiro atoms. The highest BCUT2D eigenvalue weighted by molar-refractivity contribution is 5.91. The number of aryl methyl sites for hydroxylation is 2. The summed E-state index contributed by atoms with van der Waals surface area (Å²) in [6.45, 7) is 3.28. The van der Waals surface area contributed by atoms with Crippen molar-refractivity contribution in [3.05, 3.63) is 106 Å². The Kier molecular flexibility index (Phi) is 7.75. The number of carbonyl (C=O) groups excluding carboxylic acids is 2. The standard InChI is InChI=1S/C36H35F4N3O2/c1-23-4-3-5-26(18-23)20-35-16-17-42(31(35)14-10-27-19-28(11-12-29(27)35)34(2,37)36(38,39)40)33(45)30-13-15-32(44)43(30)22-25-8-6-24(21-41)7-9-25/h3-9,11-12,18-19,30-31H,10,13-17,20,22H2,1-2H3/t30-,31?,34?,35?/m0/s1. The van der Waals surface area contributed by atoms with Gasteiger partial charge in [-0.25, -0.2) is 4.39 Å². The van der Waals surface area contributed by atoms with Gasteiger partial charge in [0.1, 0.15) is 6.04 Å². The fourth-order valence-corrected chi connectivity index (χ4v) is 7.73. The van der Waals surface area contributed by atoms with E-state index in [1.54, 1.807) is 35.2 Å². The third-order valence-electron chi connectivity index (χ3n) is 10.2. The second-order valence-corrected chi connectivity index (χ2v) is 12.9. The first-order chi connectivity index (χ1) is 21.3. The highest BCUT2D eigenvalue weighted by Gasteiger charge is 2.56. The lowest BCUT2D eigenvalue weighted by molar-refractivity contribution is -0.228. The number of benzene rings is 3. The Morgan fingerprint density at radius 3 is 2.44 bits per heavy atom. The molecule has 9 heteroatoms. The fraction of sp³-hybridized carbons (Fsp3) is 0.417. The van der Waals surface area contributed by atoms with E-state index in [1.165, 1.54) is 12.1 Å². The lowest BCUT2D eigenvalue weighted by Crippen LogP contribution is -2.53. The van der Waals surface area contributed by atoms with Crippen LogP contribution < -0.4 is 0 Å². The van der Waals surface area contributed by atoms with Gasteiger partial charge in [0, 0.05) is 31.0 Å². The van der Waals surface area contributed by atoms with Gasteiger partial charge in [0.15, 0.2) is 0 Å². The van der Waals surface area contributed by atoms with Crippen LogP contribution in [0.3, 0.4) is 0 Å². The first kappa shape index (κ1) is 30.8. The van der Waals surface area contributed by atoms with Crippen LogP contribution in [0, 0.1) is 18.3 Å². The van der Waals surface area contributed by atoms with Crippen molar-refractivity contribution in [2.24, 2.45) is 0 Å². The van der Waals surface area contributed by atoms with Gasteiger partial charge in [0.2, 0.25) is 17.5 Å². The average molecular weight is 618 g/mol. The Labute approximate surface area is 260 Å². The maximum atomic E-state index is 15.0. The van der Waals surface area contributed by atoms with Crippen LogP contribution >= 0.6 is 0 Å². The van der Waals surface area contributed by atoms with Crippen molar-refractivity contribution in [1.82, 2.24) is 9.80 Å². The Morgan fingerprint density at radius 2 is 1.76 bits per heavy atom. The van der Waals surface area contributed by atoms with E-state index in [9.17, 15) is 22.8 Å². The van der Waals surface area contributed by atoms with E-state index in [2.05, 4.69) is 12.1 Å². The molecule has 2 saturated heterocycles. The van der Waals surface area contributed by atoms with Crippen LogP contribution in [0.1, 0.15) is 71.6 Å². The smallest absolute Gasteiger partial charge is 0.337 e. The zero-order valence-corrected chi connectivity index (χ0v) is 25.3. The number of fused-ring (bicyclic) bond motifs is 3. The van der Waals surface area contributed by atoms with Crippen LogP contribution in [0.4, 0.5) is 17.6 Å². The molecule has 6 rings (SSSR count). The maximum absolute atomic E-state index is 15.0. The number of nitrogens with zero attached hydrogens (tertiary/aromatic N) is 3. The molecule has 3 unspecified atom stereocenters. The van der Waals surface area contributed by atoms with Gasteiger partial charge in [-0.2, -0.15) is 18.4 Å². The van der Waals surface area contributed by atoms with Gasteiger partial charge in [-0.1, -0.05) is 60.2 Å². The first-order valence-corrected chi connectivity index (χ1v) is 15.4. The Morgan fingerprint density at radius 1 is 1.00 bits per heavy atom. The number of hydrogen-bond donors (Lipinski definition) is 0. The molecule has 2 aliphatic heterocycles. The summed E-state index contributed by atoms with van der Waals surface area (Å²) in [7, 11) is 0. The summed E-state index contributed by atoms with van der Waals surface area (Å²) >= 11 is 0. The molecule has 0 radical (unpaired) electrons. The fourth-order valence-electron chi connectivity index (χ4n) is 7.73. The van der Waals surface area contributed by atoms with Gasteiger partial charge in [0.05, 0.1) is 11.6 Å². The van der Waals surface area contributed by atoms with Crippen molar-refractivity contribution in [3.8, 4) is 6.07 Å². The molecular weight excluding hydrogens is 582 g/mol. The molecule has 5 nitrogen and oxygen atoms in total. The zero-order chi connectivity index (χ0) is 32.1. The second kappa shape index (κ2) is 11.3. The molecule has 3 aromatic carbocycles. The predicted octanol–water partition coefficient (Wildman–Crippen LogP) is 6.83. The largest absolute Gasteiger partial charge is 0.426 e. The summed E-state index contributed by atoms with van der Waals surface area (Å²) in [6.07, 6.45) is -2.23. The highest BCUT2D eigenvalue weighted by atomic mass is 19.4. The molecule has 0 bridgehead atoms. The third-order valence-corrected chi connectivity index (χ3v) is 10.2. The lowest BCUT2D eigenvalue weighted by Gasteiger charge is -2.45. The average Bonchev–Trinajstić information content (AvgIpc) is 3.56. The van der Waals surface area contributed by atoms with Crippen LogP contribution in [-0.2, 0) is 40.1 Å². The topological polar surface area (TPSA) is 64.4 Å². The van der Waals surface area contributed by atoms with E-state index in [-0.39, 0.29) is 30.8 Å². The molecule has 0 N–H and O–H groups in total. The molecule has 234 valence electrons. The second-order valence-electron chi connectivity index (χ2n) is 12.9. The summed E-state index contributed by atoms with van der Waals surface area (Å²) in [5.74, 6) is -0.206. The summed E-state index contributed by atoms with van der Waals surface area (Å²) in [5.41, 5.74) is 0.598. The highest BCUT2D eigenvalue weighted by Crippen LogP contribution is 2.51. The number of likely N-dealkylation sites (tertiary alicyclic amines) is 2. The quantitative estimate of drug-likeness (QED) is 0.285. The van der Waals surface area contributed by atoms with Crippen molar-refractivity contribution >= 4 is 11.8 Å². The molecular formula is C36H35F4N3O2. The summed E-state index contributed by atoms with van der Waals surface area (Å²) in [6, 6.07) is 20.6. The molecule has 3 aromatic rings. The predicted molar refractivity (Wildman–Crippen MR) is 161 cm³/mol. The summed E-state index contributed by atoms with van der Waals surface area (Å²) in [5, 5.41) is 9.13. The molecule has 4 atom stereocenters. The number of hydrogen-bond acceptors (Lipinski definition) is 3. The van der Waals surface area contributed by atoms with E-state index in [4.69, 9.17) is 5.26 Å². The summed E-state index contributed by atoms with van der Waals surface area (Å²) < 4.78 is 55.9. The minimum Gasteiger partial charge on any atom is -0.337 e. The monoisotopic (exact) mass is 617 g/mol. The van der Waals surface area contributed by atoms with Gasteiger partial charge >= 0.3 is 6.18 Å². The number of nitriles is 1. The van der Waals surface area contributed by atoms with Crippen LogP contribution in [0.15, 0.2) is 66.7 Å². The van der Waals surface area contributed by atoms with Crippen LogP contribution in [-0.4, -0.2) is 46.4 Å². The van der Waals surface area contributed by atoms with E-state index in [0.717, 1.165) is 22.3 Å². The Hall–Kier alpha value is -4.19. The van der Waals surface area contributed by atoms with Gasteiger partial charge in [-0.3, -0.25) is 9.59 Å². The van der Waals surface area contributed by atoms with E-state index >= 15 is 4.39 Å². The minimum absolute atomic E-state index is 0.0941. The number of halogens is 4. The van der Waals surface area contributed by atoms with Crippen molar-refractivity contribution in [2.75, 3.05) is 6.54 Å². The van der Waals surface area contributed by atoms with Crippen LogP contribution in [0.25, 0.3) is 0 Å². The molecule has 2 heterocycles. The van der Waals surface area contributed by atoms with Gasteiger partial charge < -0.3 is 9.80 Å². The summed E-state index contributed by atoms with van der Waals surface area (Å²) in [4.78, 5) is 30.8. The molecule has 1 aliphatic carbocycles. The van der Waals surface area contributed by atoms with Crippen molar-refractivity contribution < 1.29 is 27.2 Å². The molecule has 0 saturated carbocycles.